The van der Waals surface area contributed by atoms with E-state index in [1.807, 2.05) is 48.5 Å². The van der Waals surface area contributed by atoms with Crippen molar-refractivity contribution in [2.75, 3.05) is 16.8 Å². The first-order valence-electron chi connectivity index (χ1n) is 10.1. The van der Waals surface area contributed by atoms with Crippen molar-refractivity contribution in [1.82, 2.24) is 9.97 Å². The Morgan fingerprint density at radius 2 is 1.84 bits per heavy atom. The van der Waals surface area contributed by atoms with Gasteiger partial charge in [0.2, 0.25) is 0 Å². The summed E-state index contributed by atoms with van der Waals surface area (Å²) in [6.07, 6.45) is 3.39. The second-order valence-electron chi connectivity index (χ2n) is 7.34. The molecule has 0 atom stereocenters. The summed E-state index contributed by atoms with van der Waals surface area (Å²) in [6, 6.07) is 21.3. The molecule has 2 aromatic heterocycles. The molecule has 32 heavy (non-hydrogen) atoms. The van der Waals surface area contributed by atoms with Gasteiger partial charge in [-0.15, -0.1) is 0 Å². The van der Waals surface area contributed by atoms with Crippen LogP contribution >= 0.6 is 0 Å². The molecule has 3 heterocycles. The third-order valence-corrected chi connectivity index (χ3v) is 5.14. The minimum Gasteiger partial charge on any atom is -0.482 e. The summed E-state index contributed by atoms with van der Waals surface area (Å²) in [5.74, 6) is 0.793. The van der Waals surface area contributed by atoms with E-state index in [1.54, 1.807) is 29.4 Å². The number of benzene rings is 2. The van der Waals surface area contributed by atoms with E-state index < -0.39 is 0 Å². The number of hydrogen-bond donors (Lipinski definition) is 1. The van der Waals surface area contributed by atoms with Gasteiger partial charge in [0.1, 0.15) is 17.4 Å². The molecule has 0 saturated carbocycles. The van der Waals surface area contributed by atoms with Crippen LogP contribution in [0.3, 0.4) is 0 Å². The van der Waals surface area contributed by atoms with Crippen LogP contribution in [0.15, 0.2) is 85.2 Å². The standard InChI is InChI=1S/C25H19FN4O2/c26-19-4-3-6-20(14-19)29-24-13-18(9-11-28-24)17-7-8-23-22(12-17)30(25(31)16-32-23)15-21-5-1-2-10-27-21/h1-14H,15-16H2,(H,28,29). The van der Waals surface area contributed by atoms with Crippen LogP contribution in [0.2, 0.25) is 0 Å². The molecular formula is C25H19FN4O2. The Bertz CT molecular complexity index is 1280. The lowest BCUT2D eigenvalue weighted by Crippen LogP contribution is -2.38. The van der Waals surface area contributed by atoms with E-state index in [9.17, 15) is 9.18 Å². The van der Waals surface area contributed by atoms with E-state index in [2.05, 4.69) is 15.3 Å². The van der Waals surface area contributed by atoms with Gasteiger partial charge in [-0.25, -0.2) is 9.37 Å². The van der Waals surface area contributed by atoms with Gasteiger partial charge in [0.25, 0.3) is 5.91 Å². The van der Waals surface area contributed by atoms with Crippen molar-refractivity contribution < 1.29 is 13.9 Å². The fourth-order valence-corrected chi connectivity index (χ4v) is 3.60. The van der Waals surface area contributed by atoms with Crippen LogP contribution < -0.4 is 15.0 Å². The normalized spacial score (nSPS) is 12.8. The number of amides is 1. The average Bonchev–Trinajstić information content (AvgIpc) is 2.81. The SMILES string of the molecule is O=C1COc2ccc(-c3ccnc(Nc4cccc(F)c4)c3)cc2N1Cc1ccccn1. The third kappa shape index (κ3) is 4.13. The number of aromatic nitrogens is 2. The van der Waals surface area contributed by atoms with Crippen LogP contribution in [0.5, 0.6) is 5.75 Å². The van der Waals surface area contributed by atoms with Gasteiger partial charge < -0.3 is 10.1 Å². The summed E-state index contributed by atoms with van der Waals surface area (Å²) < 4.78 is 19.1. The highest BCUT2D eigenvalue weighted by molar-refractivity contribution is 5.98. The highest BCUT2D eigenvalue weighted by Crippen LogP contribution is 2.37. The summed E-state index contributed by atoms with van der Waals surface area (Å²) in [6.45, 7) is 0.359. The van der Waals surface area contributed by atoms with Crippen LogP contribution in [0, 0.1) is 5.82 Å². The molecule has 0 bridgehead atoms. The summed E-state index contributed by atoms with van der Waals surface area (Å²) in [5, 5.41) is 3.12. The van der Waals surface area contributed by atoms with Crippen molar-refractivity contribution in [1.29, 1.82) is 0 Å². The fourth-order valence-electron chi connectivity index (χ4n) is 3.60. The molecule has 0 saturated heterocycles. The number of carbonyl (C=O) groups excluding carboxylic acids is 1. The van der Waals surface area contributed by atoms with Crippen molar-refractivity contribution in [3.8, 4) is 16.9 Å². The van der Waals surface area contributed by atoms with E-state index in [4.69, 9.17) is 4.74 Å². The Hall–Kier alpha value is -4.26. The number of ether oxygens (including phenoxy) is 1. The number of anilines is 3. The molecule has 1 amide bonds. The maximum atomic E-state index is 13.5. The highest BCUT2D eigenvalue weighted by atomic mass is 19.1. The summed E-state index contributed by atoms with van der Waals surface area (Å²) in [4.78, 5) is 23.0. The van der Waals surface area contributed by atoms with Gasteiger partial charge >= 0.3 is 0 Å². The van der Waals surface area contributed by atoms with Crippen LogP contribution in [-0.4, -0.2) is 22.5 Å². The lowest BCUT2D eigenvalue weighted by Gasteiger charge is -2.29. The Kier molecular flexibility index (Phi) is 5.21. The lowest BCUT2D eigenvalue weighted by molar-refractivity contribution is -0.121. The highest BCUT2D eigenvalue weighted by Gasteiger charge is 2.26. The minimum atomic E-state index is -0.321. The maximum Gasteiger partial charge on any atom is 0.265 e. The zero-order valence-corrected chi connectivity index (χ0v) is 17.0. The van der Waals surface area contributed by atoms with Crippen LogP contribution in [0.4, 0.5) is 21.6 Å². The summed E-state index contributed by atoms with van der Waals surface area (Å²) >= 11 is 0. The average molecular weight is 426 g/mol. The molecule has 4 aromatic rings. The third-order valence-electron chi connectivity index (χ3n) is 5.14. The number of nitrogens with one attached hydrogen (secondary N) is 1. The molecule has 0 unspecified atom stereocenters. The molecule has 5 rings (SSSR count). The molecule has 1 N–H and O–H groups in total. The molecule has 0 fully saturated rings. The Balaban J connectivity index is 1.46. The number of carbonyl (C=O) groups is 1. The van der Waals surface area contributed by atoms with E-state index in [0.29, 0.717) is 29.5 Å². The largest absolute Gasteiger partial charge is 0.482 e. The van der Waals surface area contributed by atoms with Crippen LogP contribution in [0.1, 0.15) is 5.69 Å². The van der Waals surface area contributed by atoms with Gasteiger partial charge in [-0.05, 0) is 65.7 Å². The second-order valence-corrected chi connectivity index (χ2v) is 7.34. The number of hydrogen-bond acceptors (Lipinski definition) is 5. The smallest absolute Gasteiger partial charge is 0.265 e. The quantitative estimate of drug-likeness (QED) is 0.489. The lowest BCUT2D eigenvalue weighted by atomic mass is 10.0. The monoisotopic (exact) mass is 426 g/mol. The van der Waals surface area contributed by atoms with E-state index in [1.165, 1.54) is 12.1 Å². The predicted molar refractivity (Wildman–Crippen MR) is 120 cm³/mol. The Morgan fingerprint density at radius 1 is 0.938 bits per heavy atom. The zero-order valence-electron chi connectivity index (χ0n) is 17.0. The first-order valence-corrected chi connectivity index (χ1v) is 10.1. The van der Waals surface area contributed by atoms with Gasteiger partial charge in [0.05, 0.1) is 17.9 Å². The summed E-state index contributed by atoms with van der Waals surface area (Å²) in [7, 11) is 0. The molecule has 2 aromatic carbocycles. The van der Waals surface area contributed by atoms with Gasteiger partial charge in [-0.3, -0.25) is 14.7 Å². The van der Waals surface area contributed by atoms with Gasteiger partial charge in [0, 0.05) is 18.1 Å². The first-order chi connectivity index (χ1) is 15.7. The predicted octanol–water partition coefficient (Wildman–Crippen LogP) is 4.95. The number of nitrogens with zero attached hydrogens (tertiary/aromatic N) is 3. The van der Waals surface area contributed by atoms with Gasteiger partial charge in [0.15, 0.2) is 6.61 Å². The van der Waals surface area contributed by atoms with Crippen LogP contribution in [-0.2, 0) is 11.3 Å². The number of fused-ring (bicyclic) bond motifs is 1. The van der Waals surface area contributed by atoms with Gasteiger partial charge in [-0.1, -0.05) is 18.2 Å². The van der Waals surface area contributed by atoms with Crippen molar-refractivity contribution in [3.05, 3.63) is 96.7 Å². The van der Waals surface area contributed by atoms with E-state index in [0.717, 1.165) is 16.8 Å². The maximum absolute atomic E-state index is 13.5. The van der Waals surface area contributed by atoms with Crippen molar-refractivity contribution in [2.45, 2.75) is 6.54 Å². The Labute approximate surface area is 184 Å². The molecule has 0 spiro atoms. The fraction of sp³-hybridized carbons (Fsp3) is 0.0800. The number of pyridine rings is 2. The van der Waals surface area contributed by atoms with Crippen molar-refractivity contribution >= 4 is 23.1 Å². The molecule has 0 aliphatic carbocycles. The molecule has 0 radical (unpaired) electrons. The molecule has 158 valence electrons. The second kappa shape index (κ2) is 8.47. The van der Waals surface area contributed by atoms with Crippen molar-refractivity contribution in [2.24, 2.45) is 0 Å². The Morgan fingerprint density at radius 3 is 2.69 bits per heavy atom. The van der Waals surface area contributed by atoms with Crippen molar-refractivity contribution in [3.63, 3.8) is 0 Å². The number of halogens is 1. The topological polar surface area (TPSA) is 67.3 Å². The van der Waals surface area contributed by atoms with E-state index in [-0.39, 0.29) is 18.3 Å². The zero-order chi connectivity index (χ0) is 21.9. The van der Waals surface area contributed by atoms with Gasteiger partial charge in [-0.2, -0.15) is 0 Å². The van der Waals surface area contributed by atoms with E-state index >= 15 is 0 Å². The molecule has 1 aliphatic rings. The molecular weight excluding hydrogens is 407 g/mol. The minimum absolute atomic E-state index is 0.00383. The first kappa shape index (κ1) is 19.7. The summed E-state index contributed by atoms with van der Waals surface area (Å²) in [5.41, 5.74) is 3.90. The molecule has 1 aliphatic heterocycles. The number of rotatable bonds is 5. The molecule has 7 heteroatoms. The molecule has 6 nitrogen and oxygen atoms in total. The van der Waals surface area contributed by atoms with Crippen LogP contribution in [0.25, 0.3) is 11.1 Å².